The van der Waals surface area contributed by atoms with E-state index in [2.05, 4.69) is 10.6 Å². The van der Waals surface area contributed by atoms with Crippen LogP contribution in [0.4, 0.5) is 11.4 Å². The van der Waals surface area contributed by atoms with Gasteiger partial charge in [0.2, 0.25) is 5.91 Å². The number of hydrogen-bond acceptors (Lipinski definition) is 4. The molecule has 0 aliphatic rings. The van der Waals surface area contributed by atoms with Crippen molar-refractivity contribution in [2.75, 3.05) is 30.4 Å². The second kappa shape index (κ2) is 10.0. The highest BCUT2D eigenvalue weighted by atomic mass is 16.5. The van der Waals surface area contributed by atoms with E-state index in [0.717, 1.165) is 11.4 Å². The highest BCUT2D eigenvalue weighted by molar-refractivity contribution is 5.95. The Labute approximate surface area is 165 Å². The van der Waals surface area contributed by atoms with Gasteiger partial charge in [-0.15, -0.1) is 0 Å². The van der Waals surface area contributed by atoms with Gasteiger partial charge in [0.25, 0.3) is 0 Å². The molecule has 0 unspecified atom stereocenters. The van der Waals surface area contributed by atoms with Crippen molar-refractivity contribution in [3.05, 3.63) is 84.4 Å². The first-order chi connectivity index (χ1) is 13.7. The lowest BCUT2D eigenvalue weighted by molar-refractivity contribution is -0.114. The molecule has 0 bridgehead atoms. The van der Waals surface area contributed by atoms with Gasteiger partial charge in [-0.25, -0.2) is 0 Å². The van der Waals surface area contributed by atoms with Crippen molar-refractivity contribution in [3.63, 3.8) is 0 Å². The molecule has 0 saturated heterocycles. The molecule has 0 radical (unpaired) electrons. The molecule has 0 aliphatic heterocycles. The summed E-state index contributed by atoms with van der Waals surface area (Å²) in [5.74, 6) is 1.27. The molecular weight excluding hydrogens is 352 g/mol. The largest absolute Gasteiger partial charge is 0.490 e. The minimum absolute atomic E-state index is 0.142. The fourth-order valence-corrected chi connectivity index (χ4v) is 2.57. The summed E-state index contributed by atoms with van der Waals surface area (Å²) < 4.78 is 11.4. The Kier molecular flexibility index (Phi) is 6.90. The van der Waals surface area contributed by atoms with E-state index in [-0.39, 0.29) is 12.5 Å². The lowest BCUT2D eigenvalue weighted by Crippen LogP contribution is -2.22. The highest BCUT2D eigenvalue weighted by Crippen LogP contribution is 2.23. The van der Waals surface area contributed by atoms with Gasteiger partial charge >= 0.3 is 0 Å². The third-order valence-corrected chi connectivity index (χ3v) is 4.02. The molecule has 0 saturated carbocycles. The fraction of sp³-hybridized carbons (Fsp3) is 0.174. The Morgan fingerprint density at radius 1 is 0.821 bits per heavy atom. The molecule has 2 N–H and O–H groups in total. The number of para-hydroxylation sites is 3. The zero-order chi connectivity index (χ0) is 19.6. The molecule has 0 spiro atoms. The molecule has 3 rings (SSSR count). The van der Waals surface area contributed by atoms with Crippen LogP contribution >= 0.6 is 0 Å². The lowest BCUT2D eigenvalue weighted by atomic mass is 10.2. The number of carbonyl (C=O) groups excluding carboxylic acids is 1. The van der Waals surface area contributed by atoms with E-state index in [9.17, 15) is 4.79 Å². The van der Waals surface area contributed by atoms with Crippen LogP contribution in [0.5, 0.6) is 11.5 Å². The van der Waals surface area contributed by atoms with Gasteiger partial charge in [-0.2, -0.15) is 0 Å². The molecule has 1 amide bonds. The summed E-state index contributed by atoms with van der Waals surface area (Å²) in [5, 5.41) is 5.99. The first-order valence-corrected chi connectivity index (χ1v) is 9.21. The maximum absolute atomic E-state index is 12.3. The van der Waals surface area contributed by atoms with E-state index in [0.29, 0.717) is 24.7 Å². The van der Waals surface area contributed by atoms with Gasteiger partial charge < -0.3 is 20.1 Å². The van der Waals surface area contributed by atoms with Crippen molar-refractivity contribution < 1.29 is 14.3 Å². The van der Waals surface area contributed by atoms with Crippen LogP contribution in [-0.2, 0) is 4.79 Å². The van der Waals surface area contributed by atoms with Crippen LogP contribution in [-0.4, -0.2) is 25.7 Å². The first-order valence-electron chi connectivity index (χ1n) is 9.21. The average Bonchev–Trinajstić information content (AvgIpc) is 2.73. The summed E-state index contributed by atoms with van der Waals surface area (Å²) in [6.07, 6.45) is 0. The molecular formula is C23H24N2O3. The SMILES string of the molecule is Cc1ccc(NCC(=O)Nc2ccccc2OCCOc2ccccc2)cc1. The van der Waals surface area contributed by atoms with Crippen molar-refractivity contribution in [1.29, 1.82) is 0 Å². The van der Waals surface area contributed by atoms with E-state index in [1.165, 1.54) is 5.56 Å². The Balaban J connectivity index is 1.47. The Bertz CT molecular complexity index is 880. The van der Waals surface area contributed by atoms with Gasteiger partial charge in [-0.05, 0) is 43.3 Å². The quantitative estimate of drug-likeness (QED) is 0.540. The Hall–Kier alpha value is -3.47. The molecule has 0 aromatic heterocycles. The summed E-state index contributed by atoms with van der Waals surface area (Å²) in [4.78, 5) is 12.3. The van der Waals surface area contributed by atoms with Crippen LogP contribution in [0.15, 0.2) is 78.9 Å². The van der Waals surface area contributed by atoms with Crippen LogP contribution in [0.25, 0.3) is 0 Å². The smallest absolute Gasteiger partial charge is 0.243 e. The molecule has 5 nitrogen and oxygen atoms in total. The molecule has 3 aromatic carbocycles. The maximum Gasteiger partial charge on any atom is 0.243 e. The minimum atomic E-state index is -0.142. The number of carbonyl (C=O) groups is 1. The third kappa shape index (κ3) is 6.06. The number of amides is 1. The van der Waals surface area contributed by atoms with E-state index >= 15 is 0 Å². The van der Waals surface area contributed by atoms with E-state index in [4.69, 9.17) is 9.47 Å². The molecule has 3 aromatic rings. The van der Waals surface area contributed by atoms with Crippen molar-refractivity contribution in [2.24, 2.45) is 0 Å². The number of nitrogens with one attached hydrogen (secondary N) is 2. The number of hydrogen-bond donors (Lipinski definition) is 2. The van der Waals surface area contributed by atoms with Crippen molar-refractivity contribution in [2.45, 2.75) is 6.92 Å². The van der Waals surface area contributed by atoms with Gasteiger partial charge in [0, 0.05) is 5.69 Å². The monoisotopic (exact) mass is 376 g/mol. The van der Waals surface area contributed by atoms with Gasteiger partial charge in [0.1, 0.15) is 24.7 Å². The van der Waals surface area contributed by atoms with E-state index in [1.807, 2.05) is 85.8 Å². The molecule has 0 atom stereocenters. The molecule has 0 fully saturated rings. The second-order valence-corrected chi connectivity index (χ2v) is 6.27. The summed E-state index contributed by atoms with van der Waals surface area (Å²) in [6.45, 7) is 3.00. The van der Waals surface area contributed by atoms with E-state index in [1.54, 1.807) is 0 Å². The fourth-order valence-electron chi connectivity index (χ4n) is 2.57. The summed E-state index contributed by atoms with van der Waals surface area (Å²) in [5.41, 5.74) is 2.72. The predicted octanol–water partition coefficient (Wildman–Crippen LogP) is 4.50. The standard InChI is InChI=1S/C23H24N2O3/c1-18-11-13-19(14-12-18)24-17-23(26)25-21-9-5-6-10-22(21)28-16-15-27-20-7-3-2-4-8-20/h2-14,24H,15-17H2,1H3,(H,25,26). The van der Waals surface area contributed by atoms with Gasteiger partial charge in [-0.1, -0.05) is 48.0 Å². The lowest BCUT2D eigenvalue weighted by Gasteiger charge is -2.13. The number of anilines is 2. The van der Waals surface area contributed by atoms with Crippen molar-refractivity contribution in [3.8, 4) is 11.5 Å². The zero-order valence-electron chi connectivity index (χ0n) is 15.9. The minimum Gasteiger partial charge on any atom is -0.490 e. The summed E-state index contributed by atoms with van der Waals surface area (Å²) in [7, 11) is 0. The summed E-state index contributed by atoms with van der Waals surface area (Å²) in [6, 6.07) is 24.9. The van der Waals surface area contributed by atoms with Gasteiger partial charge in [-0.3, -0.25) is 4.79 Å². The van der Waals surface area contributed by atoms with Crippen molar-refractivity contribution in [1.82, 2.24) is 0 Å². The molecule has 28 heavy (non-hydrogen) atoms. The van der Waals surface area contributed by atoms with Crippen LogP contribution in [0.3, 0.4) is 0 Å². The Morgan fingerprint density at radius 3 is 2.29 bits per heavy atom. The van der Waals surface area contributed by atoms with Crippen LogP contribution < -0.4 is 20.1 Å². The predicted molar refractivity (Wildman–Crippen MR) is 112 cm³/mol. The molecule has 0 heterocycles. The molecule has 0 aliphatic carbocycles. The summed E-state index contributed by atoms with van der Waals surface area (Å²) >= 11 is 0. The van der Waals surface area contributed by atoms with Crippen LogP contribution in [0, 0.1) is 6.92 Å². The van der Waals surface area contributed by atoms with Gasteiger partial charge in [0.05, 0.1) is 12.2 Å². The molecule has 144 valence electrons. The maximum atomic E-state index is 12.3. The number of ether oxygens (including phenoxy) is 2. The second-order valence-electron chi connectivity index (χ2n) is 6.27. The van der Waals surface area contributed by atoms with Crippen molar-refractivity contribution >= 4 is 17.3 Å². The van der Waals surface area contributed by atoms with Crippen LogP contribution in [0.1, 0.15) is 5.56 Å². The number of rotatable bonds is 9. The van der Waals surface area contributed by atoms with Crippen LogP contribution in [0.2, 0.25) is 0 Å². The average molecular weight is 376 g/mol. The molecule has 5 heteroatoms. The topological polar surface area (TPSA) is 59.6 Å². The number of aryl methyl sites for hydroxylation is 1. The third-order valence-electron chi connectivity index (χ3n) is 4.02. The highest BCUT2D eigenvalue weighted by Gasteiger charge is 2.08. The van der Waals surface area contributed by atoms with Gasteiger partial charge in [0.15, 0.2) is 0 Å². The first kappa shape index (κ1) is 19.3. The normalized spacial score (nSPS) is 10.2. The zero-order valence-corrected chi connectivity index (χ0v) is 15.9. The Morgan fingerprint density at radius 2 is 1.50 bits per heavy atom. The van der Waals surface area contributed by atoms with E-state index < -0.39 is 0 Å². The number of benzene rings is 3.